The number of carbonyl (C=O) groups excluding carboxylic acids is 3. The summed E-state index contributed by atoms with van der Waals surface area (Å²) in [5.74, 6) is 0.234. The van der Waals surface area contributed by atoms with Crippen molar-refractivity contribution in [3.63, 3.8) is 0 Å². The van der Waals surface area contributed by atoms with E-state index in [2.05, 4.69) is 5.32 Å². The van der Waals surface area contributed by atoms with Gasteiger partial charge in [0.1, 0.15) is 0 Å². The third-order valence-electron chi connectivity index (χ3n) is 6.05. The Balaban J connectivity index is 1.26. The number of nitrogens with one attached hydrogen (secondary N) is 1. The van der Waals surface area contributed by atoms with Crippen LogP contribution in [0, 0.1) is 5.92 Å². The fraction of sp³-hybridized carbons (Fsp3) is 0.435. The number of carbonyl (C=O) groups is 3. The van der Waals surface area contributed by atoms with Gasteiger partial charge in [-0.05, 0) is 55.7 Å². The van der Waals surface area contributed by atoms with Crippen molar-refractivity contribution in [2.75, 3.05) is 44.6 Å². The third-order valence-corrected chi connectivity index (χ3v) is 6.31. The van der Waals surface area contributed by atoms with Crippen LogP contribution in [0.15, 0.2) is 47.1 Å². The Bertz CT molecular complexity index is 939. The molecule has 2 saturated heterocycles. The maximum absolute atomic E-state index is 13.1. The van der Waals surface area contributed by atoms with E-state index < -0.39 is 0 Å². The molecule has 9 heteroatoms. The molecule has 0 atom stereocenters. The summed E-state index contributed by atoms with van der Waals surface area (Å²) in [5, 5.41) is 3.49. The number of benzene rings is 1. The van der Waals surface area contributed by atoms with Gasteiger partial charge in [0.05, 0.1) is 6.26 Å². The van der Waals surface area contributed by atoms with E-state index >= 15 is 0 Å². The summed E-state index contributed by atoms with van der Waals surface area (Å²) in [6.07, 6.45) is 3.50. The molecule has 0 aliphatic carbocycles. The predicted molar refractivity (Wildman–Crippen MR) is 121 cm³/mol. The van der Waals surface area contributed by atoms with Crippen molar-refractivity contribution >= 4 is 35.1 Å². The summed E-state index contributed by atoms with van der Waals surface area (Å²) >= 11 is 5.89. The molecule has 2 fully saturated rings. The Kier molecular flexibility index (Phi) is 6.99. The van der Waals surface area contributed by atoms with Gasteiger partial charge in [0, 0.05) is 55.9 Å². The van der Waals surface area contributed by atoms with Crippen molar-refractivity contribution < 1.29 is 18.8 Å². The molecular weight excluding hydrogens is 432 g/mol. The number of likely N-dealkylation sites (tertiary alicyclic amines) is 1. The van der Waals surface area contributed by atoms with Crippen molar-refractivity contribution in [1.29, 1.82) is 0 Å². The molecule has 0 bridgehead atoms. The van der Waals surface area contributed by atoms with Crippen LogP contribution in [0.1, 0.15) is 29.8 Å². The Morgan fingerprint density at radius 2 is 1.56 bits per heavy atom. The van der Waals surface area contributed by atoms with Crippen molar-refractivity contribution in [1.82, 2.24) is 14.7 Å². The second-order valence-corrected chi connectivity index (χ2v) is 8.58. The molecule has 1 aromatic heterocycles. The van der Waals surface area contributed by atoms with Crippen molar-refractivity contribution in [3.05, 3.63) is 53.4 Å². The number of anilines is 1. The van der Waals surface area contributed by atoms with Crippen LogP contribution in [0.5, 0.6) is 0 Å². The number of hydrogen-bond acceptors (Lipinski definition) is 4. The summed E-state index contributed by atoms with van der Waals surface area (Å²) in [4.78, 5) is 43.5. The fourth-order valence-electron chi connectivity index (χ4n) is 4.22. The van der Waals surface area contributed by atoms with Gasteiger partial charge >= 0.3 is 6.03 Å². The highest BCUT2D eigenvalue weighted by atomic mass is 35.5. The van der Waals surface area contributed by atoms with Crippen LogP contribution in [-0.2, 0) is 4.79 Å². The van der Waals surface area contributed by atoms with Crippen LogP contribution in [0.2, 0.25) is 5.02 Å². The largest absolute Gasteiger partial charge is 0.459 e. The first-order chi connectivity index (χ1) is 15.5. The van der Waals surface area contributed by atoms with Crippen LogP contribution >= 0.6 is 11.6 Å². The summed E-state index contributed by atoms with van der Waals surface area (Å²) in [5.41, 5.74) is 0.687. The molecule has 32 heavy (non-hydrogen) atoms. The Hall–Kier alpha value is -3.00. The lowest BCUT2D eigenvalue weighted by atomic mass is 9.95. The highest BCUT2D eigenvalue weighted by Gasteiger charge is 2.32. The van der Waals surface area contributed by atoms with E-state index in [1.165, 1.54) is 6.26 Å². The maximum Gasteiger partial charge on any atom is 0.321 e. The van der Waals surface area contributed by atoms with Gasteiger partial charge in [0.2, 0.25) is 5.91 Å². The standard InChI is InChI=1S/C23H27ClN4O4/c24-18-4-6-19(7-5-18)25-23(31)28-11-2-10-26(14-15-28)21(29)17-8-12-27(13-9-17)22(30)20-3-1-16-32-20/h1,3-7,16-17H,2,8-15H2,(H,25,31). The number of amides is 4. The van der Waals surface area contributed by atoms with Crippen LogP contribution in [0.25, 0.3) is 0 Å². The topological polar surface area (TPSA) is 86.1 Å². The van der Waals surface area contributed by atoms with Crippen LogP contribution in [0.4, 0.5) is 10.5 Å². The zero-order valence-electron chi connectivity index (χ0n) is 17.8. The second-order valence-electron chi connectivity index (χ2n) is 8.15. The number of hydrogen-bond donors (Lipinski definition) is 1. The number of rotatable bonds is 3. The summed E-state index contributed by atoms with van der Waals surface area (Å²) in [6, 6.07) is 10.2. The molecule has 1 N–H and O–H groups in total. The average molecular weight is 459 g/mol. The monoisotopic (exact) mass is 458 g/mol. The minimum Gasteiger partial charge on any atom is -0.459 e. The van der Waals surface area contributed by atoms with Gasteiger partial charge in [0.25, 0.3) is 5.91 Å². The summed E-state index contributed by atoms with van der Waals surface area (Å²) in [6.45, 7) is 3.31. The number of piperidine rings is 1. The van der Waals surface area contributed by atoms with Crippen LogP contribution < -0.4 is 5.32 Å². The average Bonchev–Trinajstić information content (AvgIpc) is 3.24. The molecule has 4 rings (SSSR count). The van der Waals surface area contributed by atoms with E-state index in [4.69, 9.17) is 16.0 Å². The predicted octanol–water partition coefficient (Wildman–Crippen LogP) is 3.55. The number of nitrogens with zero attached hydrogens (tertiary/aromatic N) is 3. The lowest BCUT2D eigenvalue weighted by molar-refractivity contribution is -0.136. The molecule has 3 heterocycles. The first kappa shape index (κ1) is 22.2. The van der Waals surface area contributed by atoms with Gasteiger partial charge in [-0.25, -0.2) is 4.79 Å². The van der Waals surface area contributed by atoms with Gasteiger partial charge in [-0.2, -0.15) is 0 Å². The summed E-state index contributed by atoms with van der Waals surface area (Å²) in [7, 11) is 0. The van der Waals surface area contributed by atoms with Gasteiger partial charge in [-0.3, -0.25) is 9.59 Å². The molecule has 1 aromatic carbocycles. The maximum atomic E-state index is 13.1. The molecule has 0 radical (unpaired) electrons. The van der Waals surface area contributed by atoms with E-state index in [9.17, 15) is 14.4 Å². The number of furan rings is 1. The van der Waals surface area contributed by atoms with E-state index in [0.717, 1.165) is 6.42 Å². The van der Waals surface area contributed by atoms with Gasteiger partial charge in [0.15, 0.2) is 5.76 Å². The molecule has 2 aliphatic rings. The lowest BCUT2D eigenvalue weighted by Gasteiger charge is -2.33. The van der Waals surface area contributed by atoms with Crippen LogP contribution in [-0.4, -0.2) is 71.8 Å². The minimum atomic E-state index is -0.175. The van der Waals surface area contributed by atoms with E-state index in [1.54, 1.807) is 46.2 Å². The van der Waals surface area contributed by atoms with Gasteiger partial charge in [-0.15, -0.1) is 0 Å². The van der Waals surface area contributed by atoms with E-state index in [0.29, 0.717) is 68.6 Å². The second kappa shape index (κ2) is 10.1. The van der Waals surface area contributed by atoms with Crippen molar-refractivity contribution in [3.8, 4) is 0 Å². The van der Waals surface area contributed by atoms with Crippen molar-refractivity contribution in [2.45, 2.75) is 19.3 Å². The summed E-state index contributed by atoms with van der Waals surface area (Å²) < 4.78 is 5.19. The molecule has 0 saturated carbocycles. The van der Waals surface area contributed by atoms with Gasteiger partial charge < -0.3 is 24.4 Å². The van der Waals surface area contributed by atoms with E-state index in [1.807, 2.05) is 4.90 Å². The van der Waals surface area contributed by atoms with Gasteiger partial charge in [-0.1, -0.05) is 11.6 Å². The quantitative estimate of drug-likeness (QED) is 0.762. The Morgan fingerprint density at radius 3 is 2.25 bits per heavy atom. The highest BCUT2D eigenvalue weighted by molar-refractivity contribution is 6.30. The van der Waals surface area contributed by atoms with Crippen LogP contribution in [0.3, 0.4) is 0 Å². The minimum absolute atomic E-state index is 0.0925. The molecule has 2 aromatic rings. The highest BCUT2D eigenvalue weighted by Crippen LogP contribution is 2.22. The molecule has 4 amide bonds. The van der Waals surface area contributed by atoms with Crippen molar-refractivity contribution in [2.24, 2.45) is 5.92 Å². The lowest BCUT2D eigenvalue weighted by Crippen LogP contribution is -2.45. The molecule has 2 aliphatic heterocycles. The molecular formula is C23H27ClN4O4. The first-order valence-corrected chi connectivity index (χ1v) is 11.3. The molecule has 170 valence electrons. The number of halogens is 1. The first-order valence-electron chi connectivity index (χ1n) is 10.9. The molecule has 0 unspecified atom stereocenters. The smallest absolute Gasteiger partial charge is 0.321 e. The number of urea groups is 1. The Labute approximate surface area is 192 Å². The third kappa shape index (κ3) is 5.24. The fourth-order valence-corrected chi connectivity index (χ4v) is 4.35. The molecule has 0 spiro atoms. The Morgan fingerprint density at radius 1 is 0.875 bits per heavy atom. The zero-order valence-corrected chi connectivity index (χ0v) is 18.6. The van der Waals surface area contributed by atoms with E-state index in [-0.39, 0.29) is 23.8 Å². The normalized spacial score (nSPS) is 17.7. The zero-order chi connectivity index (χ0) is 22.5. The SMILES string of the molecule is O=C(Nc1ccc(Cl)cc1)N1CCCN(C(=O)C2CCN(C(=O)c3ccco3)CC2)CC1. The molecule has 8 nitrogen and oxygen atoms in total.